The predicted molar refractivity (Wildman–Crippen MR) is 66.1 cm³/mol. The molecule has 0 atom stereocenters. The lowest BCUT2D eigenvalue weighted by molar-refractivity contribution is -0.117. The Bertz CT molecular complexity index is 480. The summed E-state index contributed by atoms with van der Waals surface area (Å²) < 4.78 is 5.51. The van der Waals surface area contributed by atoms with Gasteiger partial charge in [0.1, 0.15) is 5.75 Å². The van der Waals surface area contributed by atoms with E-state index in [2.05, 4.69) is 4.98 Å². The van der Waals surface area contributed by atoms with Gasteiger partial charge < -0.3 is 10.5 Å². The van der Waals surface area contributed by atoms with Crippen LogP contribution in [0.25, 0.3) is 0 Å². The quantitative estimate of drug-likeness (QED) is 0.883. The molecule has 1 aromatic heterocycles. The van der Waals surface area contributed by atoms with Gasteiger partial charge in [0.2, 0.25) is 5.91 Å². The van der Waals surface area contributed by atoms with Crippen molar-refractivity contribution in [1.29, 1.82) is 0 Å². The minimum atomic E-state index is -0.284. The molecular formula is C12H12N2O2S. The first-order valence-corrected chi connectivity index (χ1v) is 6.06. The Hall–Kier alpha value is -1.88. The van der Waals surface area contributed by atoms with E-state index < -0.39 is 0 Å². The van der Waals surface area contributed by atoms with Gasteiger partial charge in [0.05, 0.1) is 0 Å². The molecule has 0 unspecified atom stereocenters. The van der Waals surface area contributed by atoms with Crippen molar-refractivity contribution < 1.29 is 9.53 Å². The van der Waals surface area contributed by atoms with E-state index in [0.29, 0.717) is 18.0 Å². The number of primary amides is 1. The number of carbonyl (C=O) groups is 1. The third-order valence-electron chi connectivity index (χ3n) is 2.20. The molecule has 2 N–H and O–H groups in total. The predicted octanol–water partition coefficient (Wildman–Crippen LogP) is 2.35. The number of nitrogens with zero attached hydrogens (tertiary/aromatic N) is 1. The maximum atomic E-state index is 10.6. The van der Waals surface area contributed by atoms with E-state index in [4.69, 9.17) is 10.5 Å². The van der Waals surface area contributed by atoms with Crippen LogP contribution in [0.1, 0.15) is 12.0 Å². The molecule has 0 fully saturated rings. The summed E-state index contributed by atoms with van der Waals surface area (Å²) in [4.78, 5) is 14.7. The Morgan fingerprint density at radius 2 is 2.12 bits per heavy atom. The van der Waals surface area contributed by atoms with Crippen molar-refractivity contribution in [2.24, 2.45) is 5.73 Å². The molecule has 0 spiro atoms. The van der Waals surface area contributed by atoms with E-state index in [0.717, 1.165) is 11.3 Å². The summed E-state index contributed by atoms with van der Waals surface area (Å²) in [7, 11) is 0. The zero-order valence-corrected chi connectivity index (χ0v) is 9.94. The van der Waals surface area contributed by atoms with Gasteiger partial charge in [-0.2, -0.15) is 0 Å². The summed E-state index contributed by atoms with van der Waals surface area (Å²) in [5.41, 5.74) is 6.16. The van der Waals surface area contributed by atoms with E-state index in [1.807, 2.05) is 29.6 Å². The summed E-state index contributed by atoms with van der Waals surface area (Å²) in [5.74, 6) is 0.455. The summed E-state index contributed by atoms with van der Waals surface area (Å²) in [6.45, 7) is 0. The molecule has 0 aliphatic carbocycles. The Morgan fingerprint density at radius 1 is 1.35 bits per heavy atom. The van der Waals surface area contributed by atoms with Crippen molar-refractivity contribution in [3.63, 3.8) is 0 Å². The van der Waals surface area contributed by atoms with E-state index in [1.54, 1.807) is 6.20 Å². The van der Waals surface area contributed by atoms with Gasteiger partial charge in [-0.15, -0.1) is 0 Å². The first-order chi connectivity index (χ1) is 8.24. The Balaban J connectivity index is 1.95. The number of rotatable bonds is 5. The molecule has 0 radical (unpaired) electrons. The lowest BCUT2D eigenvalue weighted by Gasteiger charge is -2.03. The average molecular weight is 248 g/mol. The van der Waals surface area contributed by atoms with Crippen molar-refractivity contribution in [2.45, 2.75) is 12.8 Å². The number of carbonyl (C=O) groups excluding carboxylic acids is 1. The largest absolute Gasteiger partial charge is 0.431 e. The second kappa shape index (κ2) is 5.45. The highest BCUT2D eigenvalue weighted by Gasteiger charge is 2.01. The maximum Gasteiger partial charge on any atom is 0.278 e. The van der Waals surface area contributed by atoms with Crippen molar-refractivity contribution in [3.05, 3.63) is 41.4 Å². The number of hydrogen-bond donors (Lipinski definition) is 1. The second-order valence-corrected chi connectivity index (χ2v) is 4.37. The maximum absolute atomic E-state index is 10.6. The normalized spacial score (nSPS) is 10.1. The Morgan fingerprint density at radius 3 is 2.71 bits per heavy atom. The SMILES string of the molecule is NC(=O)CCc1ccc(Oc2nccs2)cc1. The minimum absolute atomic E-state index is 0.284. The average Bonchev–Trinajstić information content (AvgIpc) is 2.81. The number of hydrogen-bond acceptors (Lipinski definition) is 4. The number of benzene rings is 1. The van der Waals surface area contributed by atoms with Crippen molar-refractivity contribution in [2.75, 3.05) is 0 Å². The molecule has 0 bridgehead atoms. The molecule has 2 rings (SSSR count). The van der Waals surface area contributed by atoms with Gasteiger partial charge in [-0.3, -0.25) is 4.79 Å². The molecule has 0 aliphatic heterocycles. The van der Waals surface area contributed by atoms with Crippen LogP contribution >= 0.6 is 11.3 Å². The van der Waals surface area contributed by atoms with E-state index in [-0.39, 0.29) is 5.91 Å². The molecule has 1 amide bonds. The van der Waals surface area contributed by atoms with Crippen molar-refractivity contribution in [3.8, 4) is 10.9 Å². The molecule has 0 saturated heterocycles. The summed E-state index contributed by atoms with van der Waals surface area (Å²) in [5, 5.41) is 2.48. The fourth-order valence-electron chi connectivity index (χ4n) is 1.35. The monoisotopic (exact) mass is 248 g/mol. The van der Waals surface area contributed by atoms with Crippen LogP contribution in [0.2, 0.25) is 0 Å². The number of aromatic nitrogens is 1. The molecule has 0 aliphatic rings. The second-order valence-electron chi connectivity index (χ2n) is 3.51. The van der Waals surface area contributed by atoms with Crippen LogP contribution in [-0.2, 0) is 11.2 Å². The zero-order valence-electron chi connectivity index (χ0n) is 9.13. The number of thiazole rings is 1. The minimum Gasteiger partial charge on any atom is -0.431 e. The highest BCUT2D eigenvalue weighted by Crippen LogP contribution is 2.23. The topological polar surface area (TPSA) is 65.2 Å². The molecule has 17 heavy (non-hydrogen) atoms. The van der Waals surface area contributed by atoms with Crippen LogP contribution in [0.5, 0.6) is 10.9 Å². The fraction of sp³-hybridized carbons (Fsp3) is 0.167. The van der Waals surface area contributed by atoms with Crippen molar-refractivity contribution in [1.82, 2.24) is 4.98 Å². The number of amides is 1. The van der Waals surface area contributed by atoms with Gasteiger partial charge in [0.25, 0.3) is 5.19 Å². The van der Waals surface area contributed by atoms with E-state index in [1.165, 1.54) is 11.3 Å². The van der Waals surface area contributed by atoms with E-state index >= 15 is 0 Å². The molecule has 4 nitrogen and oxygen atoms in total. The third kappa shape index (κ3) is 3.57. The van der Waals surface area contributed by atoms with Gasteiger partial charge in [-0.1, -0.05) is 23.5 Å². The van der Waals surface area contributed by atoms with Crippen LogP contribution in [0.4, 0.5) is 0 Å². The van der Waals surface area contributed by atoms with Crippen molar-refractivity contribution >= 4 is 17.2 Å². The number of nitrogens with two attached hydrogens (primary N) is 1. The first-order valence-electron chi connectivity index (χ1n) is 5.18. The van der Waals surface area contributed by atoms with Gasteiger partial charge >= 0.3 is 0 Å². The Kier molecular flexibility index (Phi) is 3.72. The summed E-state index contributed by atoms with van der Waals surface area (Å²) in [6, 6.07) is 7.56. The number of ether oxygens (including phenoxy) is 1. The molecule has 1 heterocycles. The van der Waals surface area contributed by atoms with Crippen LogP contribution in [-0.4, -0.2) is 10.9 Å². The third-order valence-corrected chi connectivity index (χ3v) is 2.85. The highest BCUT2D eigenvalue weighted by molar-refractivity contribution is 7.11. The standard InChI is InChI=1S/C12H12N2O2S/c13-11(15)6-3-9-1-4-10(5-2-9)16-12-14-7-8-17-12/h1-2,4-5,7-8H,3,6H2,(H2,13,15). The van der Waals surface area contributed by atoms with Gasteiger partial charge in [-0.05, 0) is 24.1 Å². The number of aryl methyl sites for hydroxylation is 1. The molecule has 1 aromatic carbocycles. The summed E-state index contributed by atoms with van der Waals surface area (Å²) in [6.07, 6.45) is 2.72. The van der Waals surface area contributed by atoms with Crippen LogP contribution in [0.15, 0.2) is 35.8 Å². The fourth-order valence-corrected chi connectivity index (χ4v) is 1.86. The molecule has 0 saturated carbocycles. The zero-order chi connectivity index (χ0) is 12.1. The molecular weight excluding hydrogens is 236 g/mol. The molecule has 88 valence electrons. The van der Waals surface area contributed by atoms with E-state index in [9.17, 15) is 4.79 Å². The van der Waals surface area contributed by atoms with Gasteiger partial charge in [-0.25, -0.2) is 4.98 Å². The summed E-state index contributed by atoms with van der Waals surface area (Å²) >= 11 is 1.44. The molecule has 2 aromatic rings. The van der Waals surface area contributed by atoms with Crippen LogP contribution < -0.4 is 10.5 Å². The van der Waals surface area contributed by atoms with Crippen LogP contribution in [0.3, 0.4) is 0 Å². The highest BCUT2D eigenvalue weighted by atomic mass is 32.1. The molecule has 5 heteroatoms. The lowest BCUT2D eigenvalue weighted by Crippen LogP contribution is -2.11. The first kappa shape index (κ1) is 11.6. The lowest BCUT2D eigenvalue weighted by atomic mass is 10.1. The van der Waals surface area contributed by atoms with Crippen LogP contribution in [0, 0.1) is 0 Å². The Labute approximate surface area is 103 Å². The smallest absolute Gasteiger partial charge is 0.278 e. The van der Waals surface area contributed by atoms with Gasteiger partial charge in [0, 0.05) is 18.0 Å². The van der Waals surface area contributed by atoms with Gasteiger partial charge in [0.15, 0.2) is 0 Å².